The molecule has 0 aliphatic heterocycles. The summed E-state index contributed by atoms with van der Waals surface area (Å²) in [6, 6.07) is 23.1. The molecule has 4 rings (SSSR count). The van der Waals surface area contributed by atoms with Crippen LogP contribution in [0.5, 0.6) is 5.75 Å². The Labute approximate surface area is 205 Å². The first kappa shape index (κ1) is 23.9. The minimum atomic E-state index is -0.397. The topological polar surface area (TPSA) is 103 Å². The fourth-order valence-corrected chi connectivity index (χ4v) is 4.12. The molecule has 35 heavy (non-hydrogen) atoms. The van der Waals surface area contributed by atoms with Crippen LogP contribution in [0, 0.1) is 0 Å². The summed E-state index contributed by atoms with van der Waals surface area (Å²) >= 11 is 1.16. The van der Waals surface area contributed by atoms with Crippen LogP contribution in [0.4, 0.5) is 0 Å². The van der Waals surface area contributed by atoms with Crippen molar-refractivity contribution in [1.29, 1.82) is 0 Å². The summed E-state index contributed by atoms with van der Waals surface area (Å²) in [5.74, 6) is -0.291. The molecule has 0 spiro atoms. The SMILES string of the molecule is CC(=O)Oc1ccc(/C(C)=N/NC(=O)CSc2nc3ccccc3c(=O)n2-c2ccccc2)cc1. The van der Waals surface area contributed by atoms with Crippen LogP contribution >= 0.6 is 11.8 Å². The lowest BCUT2D eigenvalue weighted by Gasteiger charge is -2.13. The number of benzene rings is 3. The van der Waals surface area contributed by atoms with Crippen LogP contribution in [0.3, 0.4) is 0 Å². The molecule has 0 saturated carbocycles. The van der Waals surface area contributed by atoms with Crippen molar-refractivity contribution < 1.29 is 14.3 Å². The summed E-state index contributed by atoms with van der Waals surface area (Å²) < 4.78 is 6.53. The second-order valence-electron chi connectivity index (χ2n) is 7.53. The third kappa shape index (κ3) is 5.82. The van der Waals surface area contributed by atoms with Crippen molar-refractivity contribution in [3.05, 3.63) is 94.8 Å². The number of nitrogens with zero attached hydrogens (tertiary/aromatic N) is 3. The van der Waals surface area contributed by atoms with Crippen molar-refractivity contribution in [3.63, 3.8) is 0 Å². The maximum absolute atomic E-state index is 13.2. The van der Waals surface area contributed by atoms with Crippen LogP contribution in [-0.2, 0) is 9.59 Å². The van der Waals surface area contributed by atoms with E-state index >= 15 is 0 Å². The molecule has 4 aromatic rings. The number of hydrazone groups is 1. The number of fused-ring (bicyclic) bond motifs is 1. The van der Waals surface area contributed by atoms with E-state index in [0.717, 1.165) is 17.3 Å². The van der Waals surface area contributed by atoms with Gasteiger partial charge in [-0.15, -0.1) is 0 Å². The van der Waals surface area contributed by atoms with Gasteiger partial charge in [-0.1, -0.05) is 42.1 Å². The molecule has 1 heterocycles. The lowest BCUT2D eigenvalue weighted by molar-refractivity contribution is -0.131. The highest BCUT2D eigenvalue weighted by atomic mass is 32.2. The van der Waals surface area contributed by atoms with Gasteiger partial charge in [-0.05, 0) is 61.0 Å². The molecule has 3 aromatic carbocycles. The fraction of sp³-hybridized carbons (Fsp3) is 0.115. The molecular formula is C26H22N4O4S. The number of rotatable bonds is 7. The number of carbonyl (C=O) groups is 2. The summed E-state index contributed by atoms with van der Waals surface area (Å²) in [5.41, 5.74) is 4.93. The van der Waals surface area contributed by atoms with E-state index in [1.54, 1.807) is 49.4 Å². The Kier molecular flexibility index (Phi) is 7.37. The van der Waals surface area contributed by atoms with E-state index < -0.39 is 5.97 Å². The molecule has 0 aliphatic carbocycles. The molecule has 1 N–H and O–H groups in total. The van der Waals surface area contributed by atoms with Gasteiger partial charge >= 0.3 is 5.97 Å². The van der Waals surface area contributed by atoms with Crippen LogP contribution in [0.15, 0.2) is 93.9 Å². The Morgan fingerprint density at radius 1 is 0.971 bits per heavy atom. The third-order valence-corrected chi connectivity index (χ3v) is 5.91. The van der Waals surface area contributed by atoms with E-state index in [-0.39, 0.29) is 17.2 Å². The van der Waals surface area contributed by atoms with Gasteiger partial charge in [0.15, 0.2) is 5.16 Å². The van der Waals surface area contributed by atoms with Gasteiger partial charge in [0.05, 0.1) is 28.1 Å². The molecule has 0 fully saturated rings. The standard InChI is InChI=1S/C26H22N4O4S/c1-17(19-12-14-21(15-13-19)34-18(2)31)28-29-24(32)16-35-26-27-23-11-7-6-10-22(23)25(33)30(26)20-8-4-3-5-9-20/h3-15H,16H2,1-2H3,(H,29,32)/b28-17+. The average molecular weight is 487 g/mol. The Bertz CT molecular complexity index is 1460. The number of para-hydroxylation sites is 2. The summed E-state index contributed by atoms with van der Waals surface area (Å²) in [6.07, 6.45) is 0. The van der Waals surface area contributed by atoms with Gasteiger partial charge in [0.2, 0.25) is 0 Å². The van der Waals surface area contributed by atoms with E-state index in [2.05, 4.69) is 15.5 Å². The van der Waals surface area contributed by atoms with Crippen molar-refractivity contribution in [2.75, 3.05) is 5.75 Å². The largest absolute Gasteiger partial charge is 0.427 e. The number of nitrogens with one attached hydrogen (secondary N) is 1. The zero-order valence-electron chi connectivity index (χ0n) is 19.1. The Morgan fingerprint density at radius 2 is 1.66 bits per heavy atom. The lowest BCUT2D eigenvalue weighted by Crippen LogP contribution is -2.24. The maximum Gasteiger partial charge on any atom is 0.308 e. The first-order valence-electron chi connectivity index (χ1n) is 10.7. The zero-order valence-corrected chi connectivity index (χ0v) is 19.9. The second kappa shape index (κ2) is 10.8. The molecule has 1 aromatic heterocycles. The summed E-state index contributed by atoms with van der Waals surface area (Å²) in [5, 5.41) is 5.07. The molecule has 8 nitrogen and oxygen atoms in total. The molecule has 9 heteroatoms. The van der Waals surface area contributed by atoms with Crippen LogP contribution < -0.4 is 15.7 Å². The monoisotopic (exact) mass is 486 g/mol. The first-order chi connectivity index (χ1) is 16.9. The van der Waals surface area contributed by atoms with Gasteiger partial charge in [-0.3, -0.25) is 19.0 Å². The molecule has 0 aliphatic rings. The van der Waals surface area contributed by atoms with E-state index in [9.17, 15) is 14.4 Å². The fourth-order valence-electron chi connectivity index (χ4n) is 3.32. The normalized spacial score (nSPS) is 11.3. The average Bonchev–Trinajstić information content (AvgIpc) is 2.86. The van der Waals surface area contributed by atoms with Gasteiger partial charge in [0.1, 0.15) is 5.75 Å². The molecular weight excluding hydrogens is 464 g/mol. The van der Waals surface area contributed by atoms with Gasteiger partial charge in [0, 0.05) is 6.92 Å². The number of hydrogen-bond donors (Lipinski definition) is 1. The molecule has 0 unspecified atom stereocenters. The number of carbonyl (C=O) groups excluding carboxylic acids is 2. The van der Waals surface area contributed by atoms with Crippen molar-refractivity contribution in [1.82, 2.24) is 15.0 Å². The number of thioether (sulfide) groups is 1. The first-order valence-corrected chi connectivity index (χ1v) is 11.7. The molecule has 1 amide bonds. The van der Waals surface area contributed by atoms with Gasteiger partial charge in [-0.2, -0.15) is 5.10 Å². The third-order valence-electron chi connectivity index (χ3n) is 4.97. The highest BCUT2D eigenvalue weighted by Gasteiger charge is 2.14. The summed E-state index contributed by atoms with van der Waals surface area (Å²) in [6.45, 7) is 3.09. The Hall–Kier alpha value is -4.24. The molecule has 0 radical (unpaired) electrons. The molecule has 0 saturated heterocycles. The van der Waals surface area contributed by atoms with Gasteiger partial charge < -0.3 is 4.74 Å². The quantitative estimate of drug-likeness (QED) is 0.106. The summed E-state index contributed by atoms with van der Waals surface area (Å²) in [7, 11) is 0. The second-order valence-corrected chi connectivity index (χ2v) is 8.47. The highest BCUT2D eigenvalue weighted by Crippen LogP contribution is 2.21. The highest BCUT2D eigenvalue weighted by molar-refractivity contribution is 7.99. The predicted octanol–water partition coefficient (Wildman–Crippen LogP) is 3.94. The zero-order chi connectivity index (χ0) is 24.8. The van der Waals surface area contributed by atoms with Crippen molar-refractivity contribution in [3.8, 4) is 11.4 Å². The van der Waals surface area contributed by atoms with E-state index in [0.29, 0.717) is 33.2 Å². The number of esters is 1. The van der Waals surface area contributed by atoms with Crippen molar-refractivity contribution in [2.24, 2.45) is 5.10 Å². The Balaban J connectivity index is 1.50. The van der Waals surface area contributed by atoms with Crippen LogP contribution in [0.25, 0.3) is 16.6 Å². The smallest absolute Gasteiger partial charge is 0.308 e. The van der Waals surface area contributed by atoms with E-state index in [1.807, 2.05) is 36.4 Å². The number of amides is 1. The van der Waals surface area contributed by atoms with Crippen LogP contribution in [0.2, 0.25) is 0 Å². The Morgan fingerprint density at radius 3 is 2.37 bits per heavy atom. The number of hydrogen-bond acceptors (Lipinski definition) is 7. The van der Waals surface area contributed by atoms with Crippen molar-refractivity contribution in [2.45, 2.75) is 19.0 Å². The predicted molar refractivity (Wildman–Crippen MR) is 136 cm³/mol. The van der Waals surface area contributed by atoms with Crippen LogP contribution in [-0.4, -0.2) is 32.9 Å². The minimum absolute atomic E-state index is 0.0137. The lowest BCUT2D eigenvalue weighted by atomic mass is 10.1. The van der Waals surface area contributed by atoms with Crippen LogP contribution in [0.1, 0.15) is 19.4 Å². The minimum Gasteiger partial charge on any atom is -0.427 e. The summed E-state index contributed by atoms with van der Waals surface area (Å²) in [4.78, 5) is 41.4. The van der Waals surface area contributed by atoms with E-state index in [4.69, 9.17) is 4.74 Å². The number of aromatic nitrogens is 2. The van der Waals surface area contributed by atoms with Gasteiger partial charge in [0.25, 0.3) is 11.5 Å². The molecule has 0 atom stereocenters. The van der Waals surface area contributed by atoms with Gasteiger partial charge in [-0.25, -0.2) is 10.4 Å². The van der Waals surface area contributed by atoms with Crippen molar-refractivity contribution >= 4 is 40.3 Å². The van der Waals surface area contributed by atoms with E-state index in [1.165, 1.54) is 11.5 Å². The molecule has 0 bridgehead atoms. The maximum atomic E-state index is 13.2. The molecule has 176 valence electrons. The number of ether oxygens (including phenoxy) is 1.